The van der Waals surface area contributed by atoms with Gasteiger partial charge in [0, 0.05) is 18.3 Å². The third-order valence-electron chi connectivity index (χ3n) is 3.55. The number of aromatic amines is 1. The Kier molecular flexibility index (Phi) is 4.08. The van der Waals surface area contributed by atoms with Gasteiger partial charge in [0.15, 0.2) is 0 Å². The molecule has 1 unspecified atom stereocenters. The van der Waals surface area contributed by atoms with Crippen molar-refractivity contribution in [2.75, 3.05) is 14.2 Å². The molecule has 2 aromatic rings. The smallest absolute Gasteiger partial charge is 0.257 e. The molecule has 1 N–H and O–H groups in total. The van der Waals surface area contributed by atoms with E-state index in [0.29, 0.717) is 5.56 Å². The van der Waals surface area contributed by atoms with Gasteiger partial charge in [-0.2, -0.15) is 5.10 Å². The van der Waals surface area contributed by atoms with Crippen LogP contribution in [-0.2, 0) is 0 Å². The van der Waals surface area contributed by atoms with Crippen molar-refractivity contribution in [3.8, 4) is 5.75 Å². The van der Waals surface area contributed by atoms with Crippen LogP contribution >= 0.6 is 0 Å². The number of aryl methyl sites for hydroxylation is 1. The van der Waals surface area contributed by atoms with Gasteiger partial charge in [0.1, 0.15) is 5.75 Å². The molecule has 0 aliphatic heterocycles. The van der Waals surface area contributed by atoms with Gasteiger partial charge in [-0.3, -0.25) is 9.89 Å². The second-order valence-corrected chi connectivity index (χ2v) is 4.74. The maximum atomic E-state index is 12.5. The van der Waals surface area contributed by atoms with Crippen LogP contribution in [0.4, 0.5) is 0 Å². The predicted octanol–water partition coefficient (Wildman–Crippen LogP) is 2.56. The first-order valence-corrected chi connectivity index (χ1v) is 6.46. The topological polar surface area (TPSA) is 58.2 Å². The summed E-state index contributed by atoms with van der Waals surface area (Å²) in [4.78, 5) is 14.2. The number of benzene rings is 1. The number of H-pyrrole nitrogens is 1. The molecule has 20 heavy (non-hydrogen) atoms. The van der Waals surface area contributed by atoms with Crippen LogP contribution in [0.1, 0.15) is 34.6 Å². The molecule has 0 saturated carbocycles. The van der Waals surface area contributed by atoms with Crippen molar-refractivity contribution in [3.63, 3.8) is 0 Å². The molecule has 0 spiro atoms. The number of carbonyl (C=O) groups excluding carboxylic acids is 1. The molecule has 106 valence electrons. The number of ether oxygens (including phenoxy) is 1. The highest BCUT2D eigenvalue weighted by atomic mass is 16.5. The van der Waals surface area contributed by atoms with Gasteiger partial charge in [0.05, 0.1) is 24.9 Å². The third-order valence-corrected chi connectivity index (χ3v) is 3.55. The van der Waals surface area contributed by atoms with Crippen molar-refractivity contribution in [2.24, 2.45) is 0 Å². The fourth-order valence-electron chi connectivity index (χ4n) is 2.15. The van der Waals surface area contributed by atoms with E-state index in [1.165, 1.54) is 0 Å². The van der Waals surface area contributed by atoms with E-state index in [1.54, 1.807) is 25.3 Å². The van der Waals surface area contributed by atoms with Crippen molar-refractivity contribution in [1.82, 2.24) is 15.1 Å². The number of rotatable bonds is 4. The van der Waals surface area contributed by atoms with Crippen LogP contribution in [-0.4, -0.2) is 35.2 Å². The minimum atomic E-state index is -0.0899. The number of hydrogen-bond acceptors (Lipinski definition) is 3. The Hall–Kier alpha value is -2.30. The number of methoxy groups -OCH3 is 1. The summed E-state index contributed by atoms with van der Waals surface area (Å²) < 4.78 is 5.35. The van der Waals surface area contributed by atoms with Gasteiger partial charge in [-0.15, -0.1) is 0 Å². The molecule has 1 atom stereocenters. The van der Waals surface area contributed by atoms with E-state index in [-0.39, 0.29) is 11.9 Å². The molecule has 0 bridgehead atoms. The summed E-state index contributed by atoms with van der Waals surface area (Å²) in [6, 6.07) is 7.63. The van der Waals surface area contributed by atoms with Gasteiger partial charge < -0.3 is 9.64 Å². The second-order valence-electron chi connectivity index (χ2n) is 4.74. The first-order valence-electron chi connectivity index (χ1n) is 6.46. The molecule has 0 aliphatic carbocycles. The Morgan fingerprint density at radius 1 is 1.40 bits per heavy atom. The molecule has 5 heteroatoms. The summed E-state index contributed by atoms with van der Waals surface area (Å²) in [6.07, 6.45) is 1.56. The van der Waals surface area contributed by atoms with Crippen molar-refractivity contribution in [1.29, 1.82) is 0 Å². The molecule has 5 nitrogen and oxygen atoms in total. The lowest BCUT2D eigenvalue weighted by Gasteiger charge is -2.26. The zero-order chi connectivity index (χ0) is 14.7. The van der Waals surface area contributed by atoms with Crippen molar-refractivity contribution >= 4 is 5.91 Å². The van der Waals surface area contributed by atoms with E-state index in [4.69, 9.17) is 4.74 Å². The zero-order valence-electron chi connectivity index (χ0n) is 12.2. The van der Waals surface area contributed by atoms with Crippen molar-refractivity contribution in [2.45, 2.75) is 19.9 Å². The maximum Gasteiger partial charge on any atom is 0.257 e. The summed E-state index contributed by atoms with van der Waals surface area (Å²) in [6.45, 7) is 3.81. The van der Waals surface area contributed by atoms with E-state index in [0.717, 1.165) is 17.0 Å². The SMILES string of the molecule is COc1ccccc1C(C)N(C)C(=O)c1cn[nH]c1C. The fraction of sp³-hybridized carbons (Fsp3) is 0.333. The number of aromatic nitrogens is 2. The highest BCUT2D eigenvalue weighted by Crippen LogP contribution is 2.29. The quantitative estimate of drug-likeness (QED) is 0.931. The third kappa shape index (κ3) is 2.52. The van der Waals surface area contributed by atoms with Crippen molar-refractivity contribution < 1.29 is 9.53 Å². The molecule has 1 aromatic heterocycles. The summed E-state index contributed by atoms with van der Waals surface area (Å²) in [5.74, 6) is 0.721. The molecule has 0 radical (unpaired) electrons. The molecule has 1 aromatic carbocycles. The van der Waals surface area contributed by atoms with Crippen LogP contribution in [0.25, 0.3) is 0 Å². The Morgan fingerprint density at radius 3 is 2.70 bits per heavy atom. The number of carbonyl (C=O) groups is 1. The molecule has 2 rings (SSSR count). The van der Waals surface area contributed by atoms with E-state index < -0.39 is 0 Å². The van der Waals surface area contributed by atoms with Crippen LogP contribution in [0, 0.1) is 6.92 Å². The lowest BCUT2D eigenvalue weighted by atomic mass is 10.1. The highest BCUT2D eigenvalue weighted by Gasteiger charge is 2.23. The number of nitrogens with zero attached hydrogens (tertiary/aromatic N) is 2. The zero-order valence-corrected chi connectivity index (χ0v) is 12.2. The minimum Gasteiger partial charge on any atom is -0.496 e. The Labute approximate surface area is 118 Å². The first-order chi connectivity index (χ1) is 9.56. The average molecular weight is 273 g/mol. The summed E-state index contributed by atoms with van der Waals surface area (Å²) in [5.41, 5.74) is 2.34. The standard InChI is InChI=1S/C15H19N3O2/c1-10-13(9-16-17-10)15(19)18(3)11(2)12-7-5-6-8-14(12)20-4/h5-9,11H,1-4H3,(H,16,17). The van der Waals surface area contributed by atoms with Gasteiger partial charge in [-0.05, 0) is 19.9 Å². The molecule has 0 saturated heterocycles. The van der Waals surface area contributed by atoms with E-state index >= 15 is 0 Å². The first kappa shape index (κ1) is 14.1. The number of amides is 1. The molecular weight excluding hydrogens is 254 g/mol. The van der Waals surface area contributed by atoms with Gasteiger partial charge in [0.25, 0.3) is 5.91 Å². The molecule has 0 aliphatic rings. The van der Waals surface area contributed by atoms with Crippen LogP contribution in [0.3, 0.4) is 0 Å². The van der Waals surface area contributed by atoms with Crippen LogP contribution < -0.4 is 4.74 Å². The molecule has 0 fully saturated rings. The minimum absolute atomic E-state index is 0.0605. The Bertz CT molecular complexity index is 607. The molecular formula is C15H19N3O2. The Balaban J connectivity index is 2.27. The van der Waals surface area contributed by atoms with Gasteiger partial charge in [0.2, 0.25) is 0 Å². The monoisotopic (exact) mass is 273 g/mol. The lowest BCUT2D eigenvalue weighted by molar-refractivity contribution is 0.0740. The van der Waals surface area contributed by atoms with E-state index in [9.17, 15) is 4.79 Å². The Morgan fingerprint density at radius 2 is 2.10 bits per heavy atom. The lowest BCUT2D eigenvalue weighted by Crippen LogP contribution is -2.30. The number of para-hydroxylation sites is 1. The van der Waals surface area contributed by atoms with E-state index in [1.807, 2.05) is 38.1 Å². The van der Waals surface area contributed by atoms with Gasteiger partial charge in [-0.1, -0.05) is 18.2 Å². The molecule has 1 heterocycles. The van der Waals surface area contributed by atoms with Crippen LogP contribution in [0.15, 0.2) is 30.5 Å². The van der Waals surface area contributed by atoms with Crippen molar-refractivity contribution in [3.05, 3.63) is 47.3 Å². The summed E-state index contributed by atoms with van der Waals surface area (Å²) >= 11 is 0. The average Bonchev–Trinajstić information content (AvgIpc) is 2.91. The predicted molar refractivity (Wildman–Crippen MR) is 76.8 cm³/mol. The van der Waals surface area contributed by atoms with Crippen LogP contribution in [0.5, 0.6) is 5.75 Å². The molecule has 1 amide bonds. The van der Waals surface area contributed by atoms with Gasteiger partial charge in [-0.25, -0.2) is 0 Å². The highest BCUT2D eigenvalue weighted by molar-refractivity contribution is 5.95. The number of hydrogen-bond donors (Lipinski definition) is 1. The summed E-state index contributed by atoms with van der Waals surface area (Å²) in [5, 5.41) is 6.68. The van der Waals surface area contributed by atoms with Crippen LogP contribution in [0.2, 0.25) is 0 Å². The second kappa shape index (κ2) is 5.77. The van der Waals surface area contributed by atoms with Gasteiger partial charge >= 0.3 is 0 Å². The number of nitrogens with one attached hydrogen (secondary N) is 1. The fourth-order valence-corrected chi connectivity index (χ4v) is 2.15. The largest absolute Gasteiger partial charge is 0.496 e. The van der Waals surface area contributed by atoms with E-state index in [2.05, 4.69) is 10.2 Å². The summed E-state index contributed by atoms with van der Waals surface area (Å²) in [7, 11) is 3.42. The normalized spacial score (nSPS) is 12.0. The maximum absolute atomic E-state index is 12.5.